The second-order valence-electron chi connectivity index (χ2n) is 15.1. The van der Waals surface area contributed by atoms with Gasteiger partial charge in [0.15, 0.2) is 5.95 Å². The number of nitrogens with one attached hydrogen (secondary N) is 9. The normalized spacial score (nSPS) is 14.3. The van der Waals surface area contributed by atoms with Crippen molar-refractivity contribution in [2.24, 2.45) is 15.0 Å². The lowest BCUT2D eigenvalue weighted by atomic mass is 10.2. The maximum absolute atomic E-state index is 5.21. The predicted molar refractivity (Wildman–Crippen MR) is 285 cm³/mol. The summed E-state index contributed by atoms with van der Waals surface area (Å²) in [4.78, 5) is 47.2. The van der Waals surface area contributed by atoms with Crippen molar-refractivity contribution < 1.29 is 0 Å². The number of nitrogens with two attached hydrogens (primary N) is 1. The quantitative estimate of drug-likeness (QED) is 0.0804. The van der Waals surface area contributed by atoms with Crippen LogP contribution in [0.2, 0.25) is 0 Å². The Morgan fingerprint density at radius 3 is 1.30 bits per heavy atom. The van der Waals surface area contributed by atoms with Crippen molar-refractivity contribution in [3.8, 4) is 0 Å². The van der Waals surface area contributed by atoms with Crippen LogP contribution in [-0.4, -0.2) is 113 Å². The largest absolute Gasteiger partial charge is 0.392 e. The SMILES string of the molecule is C.C.C.C=C(CC)NC.CC1=NC(C)C(C)N1.CC1=NCCCN1.CC1=NCCN1.Cc1cnc(C)[nH]1.Cc1cnc(N)[nH]1.Cc1nc(C)c(C)[nH]1.Cc1nc(C)c(C)[nH]1.Cc1ncc[nH]1. The fraction of sp³-hybridized carbons (Fsp3) is 0.583. The molecule has 66 heavy (non-hydrogen) atoms. The van der Waals surface area contributed by atoms with E-state index in [0.29, 0.717) is 18.0 Å². The number of rotatable bonds is 2. The lowest BCUT2D eigenvalue weighted by Gasteiger charge is -2.08. The Kier molecular flexibility index (Phi) is 38.3. The zero-order chi connectivity index (χ0) is 47.9. The zero-order valence-electron chi connectivity index (χ0n) is 41.6. The van der Waals surface area contributed by atoms with Crippen molar-refractivity contribution in [2.75, 3.05) is 39.0 Å². The number of hydrogen-bond donors (Lipinski definition) is 10. The molecule has 0 saturated carbocycles. The van der Waals surface area contributed by atoms with Gasteiger partial charge in [-0.05, 0) is 117 Å². The van der Waals surface area contributed by atoms with Crippen LogP contribution in [0.3, 0.4) is 0 Å². The Morgan fingerprint density at radius 1 is 0.667 bits per heavy atom. The van der Waals surface area contributed by atoms with Gasteiger partial charge in [0.2, 0.25) is 0 Å². The third-order valence-electron chi connectivity index (χ3n) is 8.92. The molecule has 0 fully saturated rings. The summed E-state index contributed by atoms with van der Waals surface area (Å²) in [5.74, 6) is 7.68. The highest BCUT2D eigenvalue weighted by Gasteiger charge is 2.16. The van der Waals surface area contributed by atoms with Gasteiger partial charge in [-0.3, -0.25) is 15.0 Å². The Labute approximate surface area is 399 Å². The first-order valence-corrected chi connectivity index (χ1v) is 21.5. The molecule has 0 aliphatic carbocycles. The van der Waals surface area contributed by atoms with Gasteiger partial charge in [-0.2, -0.15) is 0 Å². The lowest BCUT2D eigenvalue weighted by molar-refractivity contribution is 0.601. The van der Waals surface area contributed by atoms with E-state index in [4.69, 9.17) is 5.73 Å². The van der Waals surface area contributed by atoms with E-state index in [1.54, 1.807) is 18.6 Å². The molecule has 0 spiro atoms. The molecule has 3 aliphatic rings. The Bertz CT molecular complexity index is 1860. The maximum Gasteiger partial charge on any atom is 0.197 e. The molecule has 376 valence electrons. The molecule has 3 aliphatic heterocycles. The molecule has 11 N–H and O–H groups in total. The summed E-state index contributed by atoms with van der Waals surface area (Å²) in [6, 6.07) is 1.00. The zero-order valence-corrected chi connectivity index (χ0v) is 41.6. The number of aliphatic imine (C=N–C) groups is 3. The van der Waals surface area contributed by atoms with Crippen molar-refractivity contribution in [3.63, 3.8) is 0 Å². The fourth-order valence-electron chi connectivity index (χ4n) is 5.02. The summed E-state index contributed by atoms with van der Waals surface area (Å²) >= 11 is 0. The minimum Gasteiger partial charge on any atom is -0.392 e. The molecule has 0 saturated heterocycles. The number of nitrogen functional groups attached to an aromatic ring is 1. The minimum atomic E-state index is 0. The van der Waals surface area contributed by atoms with Gasteiger partial charge in [-0.25, -0.2) is 24.9 Å². The number of aromatic nitrogens is 10. The van der Waals surface area contributed by atoms with Gasteiger partial charge in [0, 0.05) is 86.0 Å². The smallest absolute Gasteiger partial charge is 0.197 e. The van der Waals surface area contributed by atoms with Crippen molar-refractivity contribution in [2.45, 2.75) is 158 Å². The molecular weight excluding hydrogens is 829 g/mol. The first-order chi connectivity index (χ1) is 29.7. The lowest BCUT2D eigenvalue weighted by Crippen LogP contribution is -2.28. The van der Waals surface area contributed by atoms with Gasteiger partial charge in [-0.1, -0.05) is 35.8 Å². The number of aromatic amines is 5. The highest BCUT2D eigenvalue weighted by atomic mass is 15.1. The fourth-order valence-corrected chi connectivity index (χ4v) is 5.02. The van der Waals surface area contributed by atoms with E-state index in [0.717, 1.165) is 102 Å². The number of nitrogens with zero attached hydrogens (tertiary/aromatic N) is 8. The van der Waals surface area contributed by atoms with E-state index in [9.17, 15) is 0 Å². The molecule has 0 bridgehead atoms. The molecule has 5 aromatic heterocycles. The Morgan fingerprint density at radius 2 is 1.18 bits per heavy atom. The van der Waals surface area contributed by atoms with E-state index in [2.05, 4.69) is 113 Å². The number of anilines is 1. The molecule has 0 amide bonds. The Balaban J connectivity index is -0.000000326. The first kappa shape index (κ1) is 66.4. The Hall–Kier alpha value is -6.20. The van der Waals surface area contributed by atoms with E-state index in [1.807, 2.05) is 103 Å². The maximum atomic E-state index is 5.21. The van der Waals surface area contributed by atoms with Crippen LogP contribution in [0.1, 0.15) is 134 Å². The third-order valence-corrected chi connectivity index (χ3v) is 8.92. The van der Waals surface area contributed by atoms with E-state index < -0.39 is 0 Å². The minimum absolute atomic E-state index is 0. The predicted octanol–water partition coefficient (Wildman–Crippen LogP) is 8.94. The summed E-state index contributed by atoms with van der Waals surface area (Å²) in [7, 11) is 1.88. The molecule has 8 rings (SSSR count). The van der Waals surface area contributed by atoms with Gasteiger partial charge in [0.1, 0.15) is 23.3 Å². The average molecular weight is 923 g/mol. The van der Waals surface area contributed by atoms with Gasteiger partial charge in [0.05, 0.1) is 41.5 Å². The van der Waals surface area contributed by atoms with Gasteiger partial charge in [-0.15, -0.1) is 0 Å². The van der Waals surface area contributed by atoms with Crippen molar-refractivity contribution >= 4 is 23.5 Å². The second-order valence-corrected chi connectivity index (χ2v) is 15.1. The van der Waals surface area contributed by atoms with Crippen LogP contribution in [0, 0.1) is 69.2 Å². The van der Waals surface area contributed by atoms with Crippen molar-refractivity contribution in [1.29, 1.82) is 0 Å². The van der Waals surface area contributed by atoms with Gasteiger partial charge in [0.25, 0.3) is 0 Å². The van der Waals surface area contributed by atoms with Crippen LogP contribution in [0.4, 0.5) is 5.95 Å². The van der Waals surface area contributed by atoms with Crippen LogP contribution in [-0.2, 0) is 0 Å². The molecule has 2 atom stereocenters. The first-order valence-electron chi connectivity index (χ1n) is 21.5. The van der Waals surface area contributed by atoms with Crippen LogP contribution >= 0.6 is 0 Å². The number of aryl methyl sites for hydroxylation is 10. The highest BCUT2D eigenvalue weighted by molar-refractivity contribution is 5.82. The van der Waals surface area contributed by atoms with Gasteiger partial charge >= 0.3 is 0 Å². The van der Waals surface area contributed by atoms with Crippen molar-refractivity contribution in [3.05, 3.63) is 94.5 Å². The standard InChI is InChI=1S/C6H12N2.2C6H10N2.C5H8N2.C5H10N2.C5H11N.C4H7N3.C4H8N2.C4H6N2.3CH4/c3*1-4-5(2)8-6(3)7-4;1-4-3-6-5(2)7-4;1-5-6-3-2-4-7-5;1-4-5(2)6-3;1-3-2-6-4(5)7-3;2*1-4-5-2-3-6-4;;;/h4-5H,1-3H3,(H,7,8);2*1-3H3,(H,7,8);3H,1-2H3,(H,6,7);2-4H2,1H3,(H,6,7);6H,2,4H2,1,3H3;2H,1H3,(H3,5,6,7);2-3H2,1H3,(H,5,6);2-3H,1H3,(H,5,6);3*1H4. The summed E-state index contributed by atoms with van der Waals surface area (Å²) in [6.45, 7) is 39.8. The summed E-state index contributed by atoms with van der Waals surface area (Å²) in [5.41, 5.74) is 13.0. The number of allylic oxidation sites excluding steroid dienone is 1. The molecule has 0 aromatic carbocycles. The molecule has 18 heteroatoms. The van der Waals surface area contributed by atoms with Crippen LogP contribution in [0.5, 0.6) is 0 Å². The monoisotopic (exact) mass is 923 g/mol. The van der Waals surface area contributed by atoms with Crippen molar-refractivity contribution in [1.82, 2.24) is 71.1 Å². The number of H-pyrrole nitrogens is 5. The number of amidine groups is 3. The molecular formula is C48H94N18. The van der Waals surface area contributed by atoms with E-state index in [-0.39, 0.29) is 22.3 Å². The van der Waals surface area contributed by atoms with Gasteiger partial charge < -0.3 is 51.9 Å². The highest BCUT2D eigenvalue weighted by Crippen LogP contribution is 2.04. The van der Waals surface area contributed by atoms with E-state index >= 15 is 0 Å². The van der Waals surface area contributed by atoms with E-state index in [1.165, 1.54) is 17.8 Å². The summed E-state index contributed by atoms with van der Waals surface area (Å²) in [5, 5.41) is 12.3. The molecule has 0 radical (unpaired) electrons. The van der Waals surface area contributed by atoms with Crippen LogP contribution in [0.25, 0.3) is 0 Å². The summed E-state index contributed by atoms with van der Waals surface area (Å²) < 4.78 is 0. The summed E-state index contributed by atoms with van der Waals surface area (Å²) in [6.07, 6.45) is 9.25. The van der Waals surface area contributed by atoms with Crippen LogP contribution in [0.15, 0.2) is 52.0 Å². The topological polar surface area (TPSA) is 255 Å². The molecule has 8 heterocycles. The van der Waals surface area contributed by atoms with Crippen LogP contribution < -0.4 is 27.0 Å². The number of imidazole rings is 5. The average Bonchev–Trinajstić information content (AvgIpc) is 4.13. The third kappa shape index (κ3) is 34.2. The molecule has 18 nitrogen and oxygen atoms in total. The second kappa shape index (κ2) is 38.1. The number of hydrogen-bond acceptors (Lipinski definition) is 13. The molecule has 5 aromatic rings. The molecule has 2 unspecified atom stereocenters.